The summed E-state index contributed by atoms with van der Waals surface area (Å²) in [5.41, 5.74) is 0. The van der Waals surface area contributed by atoms with Crippen molar-refractivity contribution in [3.05, 3.63) is 0 Å². The maximum Gasteiger partial charge on any atom is 0.191 e. The first-order valence-corrected chi connectivity index (χ1v) is 4.66. The third-order valence-corrected chi connectivity index (χ3v) is 1.71. The second-order valence-electron chi connectivity index (χ2n) is 3.89. The highest BCUT2D eigenvalue weighted by atomic mass is 16.7. The van der Waals surface area contributed by atoms with Gasteiger partial charge in [-0.25, -0.2) is 4.59 Å². The number of hydrogen-bond donors (Lipinski definition) is 1. The topological polar surface area (TPSA) is 74.1 Å². The highest BCUT2D eigenvalue weighted by Gasteiger charge is 2.19. The molecule has 0 fully saturated rings. The molecular formula is C9H20N2O4. The molecular weight excluding hydrogens is 200 g/mol. The predicted molar refractivity (Wildman–Crippen MR) is 53.9 cm³/mol. The molecule has 0 saturated carbocycles. The number of likely N-dealkylation sites (N-methyl/N-ethyl adjacent to an activating group) is 1. The van der Waals surface area contributed by atoms with Gasteiger partial charge in [0.05, 0.1) is 20.0 Å². The molecule has 0 aromatic carbocycles. The van der Waals surface area contributed by atoms with Crippen molar-refractivity contribution in [1.29, 1.82) is 0 Å². The Kier molecular flexibility index (Phi) is 5.74. The van der Waals surface area contributed by atoms with Crippen molar-refractivity contribution in [2.45, 2.75) is 19.3 Å². The summed E-state index contributed by atoms with van der Waals surface area (Å²) in [6, 6.07) is 0. The quantitative estimate of drug-likeness (QED) is 0.199. The summed E-state index contributed by atoms with van der Waals surface area (Å²) < 4.78 is 9.59. The Balaban J connectivity index is 4.56. The first kappa shape index (κ1) is 14.3. The van der Waals surface area contributed by atoms with Crippen molar-refractivity contribution in [2.24, 2.45) is 5.10 Å². The van der Waals surface area contributed by atoms with Crippen LogP contribution < -0.4 is 5.11 Å². The fraction of sp³-hybridized carbons (Fsp3) is 0.889. The Labute approximate surface area is 90.3 Å². The highest BCUT2D eigenvalue weighted by Crippen LogP contribution is 2.03. The number of rotatable bonds is 6. The van der Waals surface area contributed by atoms with Gasteiger partial charge in [0.1, 0.15) is 12.6 Å². The maximum atomic E-state index is 11.5. The zero-order valence-corrected chi connectivity index (χ0v) is 9.93. The number of aliphatic hydroxyl groups excluding tert-OH is 1. The van der Waals surface area contributed by atoms with Crippen molar-refractivity contribution < 1.29 is 24.3 Å². The SMILES string of the molecule is COC(OC)/C([O-])=N/[N+](C)(C)CC(C)O. The standard InChI is InChI=1S/C9H20N2O4/c1-7(12)6-11(2,3)10-8(13)9(14-4)15-5/h7,9,12H,6H2,1-5H3. The number of ether oxygens (including phenoxy) is 2. The van der Waals surface area contributed by atoms with Gasteiger partial charge in [-0.2, -0.15) is 0 Å². The monoisotopic (exact) mass is 220 g/mol. The molecule has 0 rings (SSSR count). The molecule has 0 amide bonds. The molecule has 0 heterocycles. The molecule has 0 spiro atoms. The summed E-state index contributed by atoms with van der Waals surface area (Å²) in [7, 11) is 6.17. The van der Waals surface area contributed by atoms with E-state index in [2.05, 4.69) is 5.10 Å². The average Bonchev–Trinajstić information content (AvgIpc) is 2.02. The van der Waals surface area contributed by atoms with E-state index < -0.39 is 18.3 Å². The van der Waals surface area contributed by atoms with E-state index in [1.807, 2.05) is 0 Å². The van der Waals surface area contributed by atoms with E-state index in [9.17, 15) is 10.2 Å². The molecule has 0 saturated heterocycles. The summed E-state index contributed by atoms with van der Waals surface area (Å²) in [6.45, 7) is 2.00. The zero-order chi connectivity index (χ0) is 12.1. The lowest BCUT2D eigenvalue weighted by Gasteiger charge is -2.28. The molecule has 0 aromatic rings. The lowest BCUT2D eigenvalue weighted by molar-refractivity contribution is -0.901. The van der Waals surface area contributed by atoms with Crippen LogP contribution in [0.3, 0.4) is 0 Å². The Morgan fingerprint density at radius 2 is 1.87 bits per heavy atom. The molecule has 0 aromatic heterocycles. The Bertz CT molecular complexity index is 212. The minimum absolute atomic E-state index is 0.0414. The van der Waals surface area contributed by atoms with E-state index in [4.69, 9.17) is 9.47 Å². The van der Waals surface area contributed by atoms with Gasteiger partial charge in [-0.3, -0.25) is 0 Å². The van der Waals surface area contributed by atoms with E-state index in [-0.39, 0.29) is 4.59 Å². The molecule has 1 atom stereocenters. The van der Waals surface area contributed by atoms with E-state index >= 15 is 0 Å². The van der Waals surface area contributed by atoms with Crippen LogP contribution in [-0.4, -0.2) is 62.8 Å². The van der Waals surface area contributed by atoms with E-state index in [1.165, 1.54) is 14.2 Å². The van der Waals surface area contributed by atoms with Crippen LogP contribution in [0.2, 0.25) is 0 Å². The molecule has 6 nitrogen and oxygen atoms in total. The van der Waals surface area contributed by atoms with Gasteiger partial charge in [-0.05, 0) is 6.92 Å². The number of quaternary nitrogens is 1. The van der Waals surface area contributed by atoms with Crippen LogP contribution in [-0.2, 0) is 9.47 Å². The Hall–Kier alpha value is -0.690. The van der Waals surface area contributed by atoms with Crippen molar-refractivity contribution >= 4 is 5.90 Å². The smallest absolute Gasteiger partial charge is 0.191 e. The first-order valence-electron chi connectivity index (χ1n) is 4.66. The molecule has 0 aliphatic rings. The van der Waals surface area contributed by atoms with Crippen LogP contribution in [0.5, 0.6) is 0 Å². The lowest BCUT2D eigenvalue weighted by Crippen LogP contribution is -2.45. The van der Waals surface area contributed by atoms with Gasteiger partial charge in [0, 0.05) is 14.2 Å². The third-order valence-electron chi connectivity index (χ3n) is 1.71. The van der Waals surface area contributed by atoms with Crippen molar-refractivity contribution in [2.75, 3.05) is 34.9 Å². The van der Waals surface area contributed by atoms with Crippen LogP contribution in [0.4, 0.5) is 0 Å². The van der Waals surface area contributed by atoms with Gasteiger partial charge in [0.15, 0.2) is 6.29 Å². The van der Waals surface area contributed by atoms with Crippen LogP contribution in [0, 0.1) is 0 Å². The summed E-state index contributed by atoms with van der Waals surface area (Å²) in [5, 5.41) is 24.6. The van der Waals surface area contributed by atoms with Crippen LogP contribution in [0.15, 0.2) is 5.10 Å². The molecule has 0 aliphatic heterocycles. The molecule has 15 heavy (non-hydrogen) atoms. The summed E-state index contributed by atoms with van der Waals surface area (Å²) in [6.07, 6.45) is -1.50. The van der Waals surface area contributed by atoms with E-state index in [1.54, 1.807) is 21.0 Å². The van der Waals surface area contributed by atoms with Crippen molar-refractivity contribution in [3.8, 4) is 0 Å². The molecule has 0 bridgehead atoms. The van der Waals surface area contributed by atoms with Crippen molar-refractivity contribution in [1.82, 2.24) is 0 Å². The molecule has 0 aliphatic carbocycles. The van der Waals surface area contributed by atoms with Gasteiger partial charge >= 0.3 is 0 Å². The molecule has 0 radical (unpaired) electrons. The van der Waals surface area contributed by atoms with Crippen LogP contribution in [0.25, 0.3) is 0 Å². The number of methoxy groups -OCH3 is 2. The second kappa shape index (κ2) is 6.02. The maximum absolute atomic E-state index is 11.5. The van der Waals surface area contributed by atoms with Gasteiger partial charge in [-0.1, -0.05) is 5.10 Å². The largest absolute Gasteiger partial charge is 0.855 e. The molecule has 90 valence electrons. The molecule has 1 N–H and O–H groups in total. The average molecular weight is 220 g/mol. The van der Waals surface area contributed by atoms with Gasteiger partial charge < -0.3 is 19.7 Å². The minimum atomic E-state index is -0.976. The van der Waals surface area contributed by atoms with E-state index in [0.29, 0.717) is 6.54 Å². The fourth-order valence-electron chi connectivity index (χ4n) is 1.30. The number of hydrogen-bond acceptors (Lipinski definition) is 5. The number of nitrogens with zero attached hydrogens (tertiary/aromatic N) is 2. The zero-order valence-electron chi connectivity index (χ0n) is 9.93. The highest BCUT2D eigenvalue weighted by molar-refractivity contribution is 5.74. The normalized spacial score (nSPS) is 15.8. The van der Waals surface area contributed by atoms with Crippen LogP contribution in [0.1, 0.15) is 6.92 Å². The fourth-order valence-corrected chi connectivity index (χ4v) is 1.30. The second-order valence-corrected chi connectivity index (χ2v) is 3.89. The Morgan fingerprint density at radius 3 is 2.20 bits per heavy atom. The summed E-state index contributed by atoms with van der Waals surface area (Å²) >= 11 is 0. The predicted octanol–water partition coefficient (Wildman–Crippen LogP) is -1.26. The van der Waals surface area contributed by atoms with Gasteiger partial charge in [-0.15, -0.1) is 0 Å². The van der Waals surface area contributed by atoms with Gasteiger partial charge in [0.2, 0.25) is 0 Å². The molecule has 6 heteroatoms. The van der Waals surface area contributed by atoms with Crippen LogP contribution >= 0.6 is 0 Å². The summed E-state index contributed by atoms with van der Waals surface area (Å²) in [4.78, 5) is 0. The number of aliphatic hydroxyl groups is 1. The van der Waals surface area contributed by atoms with E-state index in [0.717, 1.165) is 0 Å². The Morgan fingerprint density at radius 1 is 1.40 bits per heavy atom. The molecule has 1 unspecified atom stereocenters. The lowest BCUT2D eigenvalue weighted by atomic mass is 10.4. The minimum Gasteiger partial charge on any atom is -0.855 e. The third kappa shape index (κ3) is 5.68. The van der Waals surface area contributed by atoms with Crippen molar-refractivity contribution in [3.63, 3.8) is 0 Å². The summed E-state index contributed by atoms with van der Waals surface area (Å²) in [5.74, 6) is -0.495. The van der Waals surface area contributed by atoms with Gasteiger partial charge in [0.25, 0.3) is 0 Å². The first-order chi connectivity index (χ1) is 6.82.